The van der Waals surface area contributed by atoms with Crippen LogP contribution in [0.1, 0.15) is 103 Å². The van der Waals surface area contributed by atoms with Crippen LogP contribution in [0.5, 0.6) is 0 Å². The monoisotopic (exact) mass is 383 g/mol. The maximum atomic E-state index is 11.8. The van der Waals surface area contributed by atoms with E-state index in [1.807, 2.05) is 0 Å². The molecule has 0 saturated heterocycles. The molecule has 2 amide bonds. The van der Waals surface area contributed by atoms with Gasteiger partial charge in [0.25, 0.3) is 5.97 Å². The third-order valence-corrected chi connectivity index (χ3v) is 4.64. The summed E-state index contributed by atoms with van der Waals surface area (Å²) >= 11 is 0. The van der Waals surface area contributed by atoms with Gasteiger partial charge in [0.05, 0.1) is 0 Å². The van der Waals surface area contributed by atoms with E-state index in [9.17, 15) is 14.4 Å². The summed E-state index contributed by atoms with van der Waals surface area (Å²) in [6.07, 6.45) is 17.4. The van der Waals surface area contributed by atoms with Crippen molar-refractivity contribution in [3.63, 3.8) is 0 Å². The highest BCUT2D eigenvalue weighted by Crippen LogP contribution is 2.13. The van der Waals surface area contributed by atoms with Gasteiger partial charge in [0.2, 0.25) is 5.91 Å². The number of primary amides is 1. The molecule has 0 aliphatic rings. The minimum atomic E-state index is -1.19. The Balaban J connectivity index is 3.51. The highest BCUT2D eigenvalue weighted by molar-refractivity contribution is 5.85. The van der Waals surface area contributed by atoms with E-state index in [-0.39, 0.29) is 12.3 Å². The summed E-state index contributed by atoms with van der Waals surface area (Å²) in [5.41, 5.74) is 4.99. The van der Waals surface area contributed by atoms with E-state index in [2.05, 4.69) is 12.2 Å². The van der Waals surface area contributed by atoms with Gasteiger partial charge in [0.1, 0.15) is 0 Å². The van der Waals surface area contributed by atoms with Gasteiger partial charge >= 0.3 is 0 Å². The van der Waals surface area contributed by atoms with Crippen molar-refractivity contribution >= 4 is 17.8 Å². The first-order valence-corrected chi connectivity index (χ1v) is 10.6. The number of rotatable bonds is 19. The molecule has 27 heavy (non-hydrogen) atoms. The van der Waals surface area contributed by atoms with E-state index >= 15 is 0 Å². The molecule has 0 aliphatic carbocycles. The Kier molecular flexibility index (Phi) is 16.8. The molecular weight excluding hydrogens is 344 g/mol. The fraction of sp³-hybridized carbons (Fsp3) is 0.810. The molecule has 0 radical (unpaired) electrons. The molecule has 1 atom stereocenters. The molecule has 4 N–H and O–H groups in total. The first kappa shape index (κ1) is 25.4. The lowest BCUT2D eigenvalue weighted by Crippen LogP contribution is -2.41. The van der Waals surface area contributed by atoms with Crippen LogP contribution in [0, 0.1) is 6.42 Å². The quantitative estimate of drug-likeness (QED) is 0.230. The highest BCUT2D eigenvalue weighted by atomic mass is 16.4. The lowest BCUT2D eigenvalue weighted by atomic mass is 10.0. The van der Waals surface area contributed by atoms with Crippen LogP contribution in [0.3, 0.4) is 0 Å². The fourth-order valence-corrected chi connectivity index (χ4v) is 3.00. The van der Waals surface area contributed by atoms with Crippen molar-refractivity contribution < 1.29 is 19.5 Å². The number of amides is 2. The zero-order valence-electron chi connectivity index (χ0n) is 17.0. The molecule has 0 fully saturated rings. The molecule has 0 spiro atoms. The molecule has 0 rings (SSSR count). The van der Waals surface area contributed by atoms with Crippen LogP contribution in [-0.2, 0) is 14.4 Å². The van der Waals surface area contributed by atoms with E-state index in [0.29, 0.717) is 6.42 Å². The number of nitrogens with one attached hydrogen (secondary N) is 1. The summed E-state index contributed by atoms with van der Waals surface area (Å²) in [6.45, 7) is 2.24. The Labute approximate surface area is 164 Å². The highest BCUT2D eigenvalue weighted by Gasteiger charge is 2.12. The van der Waals surface area contributed by atoms with E-state index in [4.69, 9.17) is 10.8 Å². The third-order valence-electron chi connectivity index (χ3n) is 4.64. The first-order chi connectivity index (χ1) is 13.0. The third kappa shape index (κ3) is 17.6. The first-order valence-electron chi connectivity index (χ1n) is 10.6. The number of hydrogen-bond donors (Lipinski definition) is 3. The summed E-state index contributed by atoms with van der Waals surface area (Å²) in [5.74, 6) is -2.10. The number of nitrogens with two attached hydrogens (primary N) is 1. The van der Waals surface area contributed by atoms with Gasteiger partial charge in [-0.05, 0) is 6.42 Å². The summed E-state index contributed by atoms with van der Waals surface area (Å²) in [5, 5.41) is 11.4. The van der Waals surface area contributed by atoms with Crippen molar-refractivity contribution in [3.05, 3.63) is 6.42 Å². The molecule has 0 heterocycles. The van der Waals surface area contributed by atoms with Crippen LogP contribution in [0.15, 0.2) is 0 Å². The van der Waals surface area contributed by atoms with Gasteiger partial charge in [-0.2, -0.15) is 0 Å². The molecular formula is C21H39N2O4-. The van der Waals surface area contributed by atoms with Crippen LogP contribution in [0.4, 0.5) is 0 Å². The van der Waals surface area contributed by atoms with E-state index in [0.717, 1.165) is 19.3 Å². The molecule has 0 aromatic carbocycles. The van der Waals surface area contributed by atoms with Crippen LogP contribution >= 0.6 is 0 Å². The fourth-order valence-electron chi connectivity index (χ4n) is 3.00. The summed E-state index contributed by atoms with van der Waals surface area (Å²) < 4.78 is 0. The molecule has 0 aromatic rings. The Morgan fingerprint density at radius 2 is 1.30 bits per heavy atom. The van der Waals surface area contributed by atoms with E-state index in [1.165, 1.54) is 70.6 Å². The average molecular weight is 384 g/mol. The van der Waals surface area contributed by atoms with Crippen LogP contribution in [0.25, 0.3) is 0 Å². The predicted octanol–water partition coefficient (Wildman–Crippen LogP) is 4.12. The van der Waals surface area contributed by atoms with E-state index < -0.39 is 17.9 Å². The lowest BCUT2D eigenvalue weighted by molar-refractivity contribution is -0.140. The number of carbonyl (C=O) groups is 3. The van der Waals surface area contributed by atoms with Crippen molar-refractivity contribution in [1.29, 1.82) is 0 Å². The molecule has 158 valence electrons. The molecule has 0 aliphatic heterocycles. The second-order valence-corrected chi connectivity index (χ2v) is 7.28. The van der Waals surface area contributed by atoms with Crippen molar-refractivity contribution in [3.8, 4) is 0 Å². The number of hydrogen-bond acceptors (Lipinski definition) is 3. The van der Waals surface area contributed by atoms with Crippen molar-refractivity contribution in [2.24, 2.45) is 5.73 Å². The van der Waals surface area contributed by atoms with Gasteiger partial charge in [-0.25, -0.2) is 0 Å². The molecule has 0 unspecified atom stereocenters. The summed E-state index contributed by atoms with van der Waals surface area (Å²) in [4.78, 5) is 33.5. The van der Waals surface area contributed by atoms with Gasteiger partial charge in [-0.15, -0.1) is 0 Å². The van der Waals surface area contributed by atoms with Crippen molar-refractivity contribution in [2.45, 2.75) is 109 Å². The molecule has 0 bridgehead atoms. The molecule has 6 heteroatoms. The lowest BCUT2D eigenvalue weighted by Gasteiger charge is -2.22. The molecule has 0 saturated carbocycles. The number of unbranched alkanes of at least 4 members (excludes halogenated alkanes) is 12. The average Bonchev–Trinajstić information content (AvgIpc) is 2.62. The number of carbonyl (C=O) groups excluding carboxylic acids is 2. The number of aliphatic carboxylic acids is 1. The Bertz CT molecular complexity index is 413. The largest absolute Gasteiger partial charge is 0.482 e. The SMILES string of the molecule is CCCCCCCCCCCCCCCC(=O)N[C@@H]([CH-]CC(N)=O)C(=O)O. The zero-order valence-corrected chi connectivity index (χ0v) is 17.0. The molecule has 0 aromatic heterocycles. The maximum absolute atomic E-state index is 11.8. The van der Waals surface area contributed by atoms with Gasteiger partial charge in [-0.3, -0.25) is 20.8 Å². The van der Waals surface area contributed by atoms with E-state index in [1.54, 1.807) is 0 Å². The number of carboxylic acid groups (broad SMARTS) is 1. The second-order valence-electron chi connectivity index (χ2n) is 7.28. The molecule has 6 nitrogen and oxygen atoms in total. The maximum Gasteiger partial charge on any atom is 0.294 e. The Morgan fingerprint density at radius 1 is 0.852 bits per heavy atom. The minimum Gasteiger partial charge on any atom is -0.482 e. The standard InChI is InChI=1S/C21H39N2O4/c1-2-3-4-5-6-7-8-9-10-11-12-13-14-15-20(25)23-18(21(26)27)16-17-19(22)24/h16,18H,2-15,17H2,1H3,(H2,22,24)(H,23,25)(H,26,27)/q-1/t18-/m0/s1. The Hall–Kier alpha value is -1.59. The van der Waals surface area contributed by atoms with Gasteiger partial charge < -0.3 is 16.2 Å². The number of carboxylic acids is 1. The minimum absolute atomic E-state index is 0.171. The van der Waals surface area contributed by atoms with Gasteiger partial charge in [0.15, 0.2) is 5.91 Å². The Morgan fingerprint density at radius 3 is 1.70 bits per heavy atom. The predicted molar refractivity (Wildman–Crippen MR) is 108 cm³/mol. The topological polar surface area (TPSA) is 109 Å². The normalized spacial score (nSPS) is 11.9. The van der Waals surface area contributed by atoms with Crippen LogP contribution in [0.2, 0.25) is 0 Å². The van der Waals surface area contributed by atoms with Gasteiger partial charge in [-0.1, -0.05) is 90.4 Å². The van der Waals surface area contributed by atoms with Crippen LogP contribution in [-0.4, -0.2) is 28.9 Å². The van der Waals surface area contributed by atoms with Crippen molar-refractivity contribution in [2.75, 3.05) is 0 Å². The van der Waals surface area contributed by atoms with Gasteiger partial charge in [0, 0.05) is 12.5 Å². The zero-order chi connectivity index (χ0) is 20.3. The smallest absolute Gasteiger partial charge is 0.294 e. The van der Waals surface area contributed by atoms with Crippen LogP contribution < -0.4 is 11.1 Å². The summed E-state index contributed by atoms with van der Waals surface area (Å²) in [6, 6.07) is -1.16. The van der Waals surface area contributed by atoms with Crippen molar-refractivity contribution in [1.82, 2.24) is 5.32 Å². The summed E-state index contributed by atoms with van der Waals surface area (Å²) in [7, 11) is 0. The second kappa shape index (κ2) is 17.8.